The molecule has 6 atom stereocenters. The molecule has 5 rings (SSSR count). The predicted octanol–water partition coefficient (Wildman–Crippen LogP) is 3.43. The molecular weight excluding hydrogens is 419 g/mol. The van der Waals surface area contributed by atoms with Crippen LogP contribution in [-0.4, -0.2) is 53.0 Å². The maximum absolute atomic E-state index is 13.2. The molecule has 0 spiro atoms. The van der Waals surface area contributed by atoms with Crippen molar-refractivity contribution in [2.75, 3.05) is 18.9 Å². The topological polar surface area (TPSA) is 87.3 Å². The van der Waals surface area contributed by atoms with Crippen molar-refractivity contribution in [1.82, 2.24) is 15.2 Å². The quantitative estimate of drug-likeness (QED) is 0.580. The van der Waals surface area contributed by atoms with E-state index >= 15 is 0 Å². The number of nitrogens with zero attached hydrogens (tertiary/aromatic N) is 2. The van der Waals surface area contributed by atoms with Crippen LogP contribution in [0.15, 0.2) is 24.0 Å². The Morgan fingerprint density at radius 1 is 1.28 bits per heavy atom. The van der Waals surface area contributed by atoms with Gasteiger partial charge in [-0.15, -0.1) is 0 Å². The fourth-order valence-corrected chi connectivity index (χ4v) is 6.08. The first-order valence-electron chi connectivity index (χ1n) is 11.4. The first-order valence-corrected chi connectivity index (χ1v) is 11.4. The Bertz CT molecular complexity index is 934. The number of halogens is 3. The summed E-state index contributed by atoms with van der Waals surface area (Å²) in [5.41, 5.74) is 5.50. The lowest BCUT2D eigenvalue weighted by atomic mass is 10.00. The number of nitrogen functional groups attached to an aromatic ring is 1. The van der Waals surface area contributed by atoms with E-state index in [2.05, 4.69) is 15.2 Å². The smallest absolute Gasteiger partial charge is 0.386 e. The number of hydrogen-bond acceptors (Lipinski definition) is 6. The van der Waals surface area contributed by atoms with Crippen LogP contribution >= 0.6 is 0 Å². The first kappa shape index (κ1) is 21.7. The molecule has 1 aromatic heterocycles. The number of allylic oxidation sites excluding steroid dienone is 2. The van der Waals surface area contributed by atoms with Crippen LogP contribution in [0, 0.1) is 23.2 Å². The lowest BCUT2D eigenvalue weighted by molar-refractivity contribution is -0.137. The van der Waals surface area contributed by atoms with Crippen LogP contribution in [0.2, 0.25) is 0 Å². The van der Waals surface area contributed by atoms with Crippen molar-refractivity contribution < 1.29 is 17.9 Å². The van der Waals surface area contributed by atoms with E-state index in [0.29, 0.717) is 35.9 Å². The Hall–Kier alpha value is -2.13. The number of rotatable bonds is 6. The molecule has 0 aromatic carbocycles. The van der Waals surface area contributed by atoms with Gasteiger partial charge in [0.15, 0.2) is 0 Å². The van der Waals surface area contributed by atoms with E-state index in [1.165, 1.54) is 6.20 Å². The molecule has 1 aromatic rings. The van der Waals surface area contributed by atoms with Crippen molar-refractivity contribution in [1.29, 1.82) is 5.41 Å². The van der Waals surface area contributed by atoms with Gasteiger partial charge in [0, 0.05) is 48.0 Å². The molecule has 2 bridgehead atoms. The Balaban J connectivity index is 1.30. The highest BCUT2D eigenvalue weighted by molar-refractivity contribution is 6.07. The molecule has 2 saturated carbocycles. The Labute approximate surface area is 185 Å². The first-order chi connectivity index (χ1) is 15.1. The lowest BCUT2D eigenvalue weighted by Gasteiger charge is -2.34. The van der Waals surface area contributed by atoms with Gasteiger partial charge < -0.3 is 21.2 Å². The minimum absolute atomic E-state index is 0.0154. The van der Waals surface area contributed by atoms with Gasteiger partial charge in [-0.05, 0) is 57.1 Å². The number of pyridine rings is 1. The Morgan fingerprint density at radius 3 is 2.56 bits per heavy atom. The summed E-state index contributed by atoms with van der Waals surface area (Å²) >= 11 is 0. The van der Waals surface area contributed by atoms with Gasteiger partial charge in [0.1, 0.15) is 5.82 Å². The number of fused-ring (bicyclic) bond motifs is 3. The van der Waals surface area contributed by atoms with Crippen LogP contribution in [0.25, 0.3) is 0 Å². The van der Waals surface area contributed by atoms with Crippen LogP contribution in [0.5, 0.6) is 0 Å². The number of alkyl halides is 3. The van der Waals surface area contributed by atoms with E-state index in [0.717, 1.165) is 44.2 Å². The van der Waals surface area contributed by atoms with Crippen LogP contribution < -0.4 is 11.1 Å². The molecule has 4 N–H and O–H groups in total. The summed E-state index contributed by atoms with van der Waals surface area (Å²) in [4.78, 5) is 6.31. The van der Waals surface area contributed by atoms with Crippen LogP contribution in [0.3, 0.4) is 0 Å². The summed E-state index contributed by atoms with van der Waals surface area (Å²) in [5, 5.41) is 11.9. The van der Waals surface area contributed by atoms with E-state index in [1.54, 1.807) is 6.08 Å². The van der Waals surface area contributed by atoms with Gasteiger partial charge in [-0.25, -0.2) is 4.98 Å². The van der Waals surface area contributed by atoms with Gasteiger partial charge in [-0.3, -0.25) is 4.90 Å². The average molecular weight is 450 g/mol. The summed E-state index contributed by atoms with van der Waals surface area (Å²) in [6.07, 6.45) is 2.18. The van der Waals surface area contributed by atoms with Crippen LogP contribution in [0.1, 0.15) is 44.2 Å². The number of anilines is 1. The second kappa shape index (κ2) is 7.73. The third-order valence-electron chi connectivity index (χ3n) is 7.48. The largest absolute Gasteiger partial charge is 0.419 e. The zero-order valence-corrected chi connectivity index (χ0v) is 18.3. The van der Waals surface area contributed by atoms with E-state index in [9.17, 15) is 13.2 Å². The lowest BCUT2D eigenvalue weighted by Crippen LogP contribution is -2.44. The summed E-state index contributed by atoms with van der Waals surface area (Å²) in [6, 6.07) is 2.27. The van der Waals surface area contributed by atoms with Gasteiger partial charge in [-0.2, -0.15) is 13.2 Å². The molecule has 0 radical (unpaired) electrons. The molecule has 4 fully saturated rings. The number of hydrogen-bond donors (Lipinski definition) is 3. The second-order valence-electron chi connectivity index (χ2n) is 9.99. The molecule has 9 heteroatoms. The van der Waals surface area contributed by atoms with E-state index in [-0.39, 0.29) is 17.3 Å². The number of nitrogens with one attached hydrogen (secondary N) is 2. The van der Waals surface area contributed by atoms with E-state index in [4.69, 9.17) is 15.9 Å². The molecule has 2 saturated heterocycles. The van der Waals surface area contributed by atoms with Crippen molar-refractivity contribution in [3.63, 3.8) is 0 Å². The highest BCUT2D eigenvalue weighted by Gasteiger charge is 2.59. The third kappa shape index (κ3) is 3.90. The molecule has 174 valence electrons. The van der Waals surface area contributed by atoms with Crippen LogP contribution in [0.4, 0.5) is 19.0 Å². The van der Waals surface area contributed by atoms with Gasteiger partial charge in [0.2, 0.25) is 0 Å². The summed E-state index contributed by atoms with van der Waals surface area (Å²) < 4.78 is 45.4. The molecule has 0 amide bonds. The highest BCUT2D eigenvalue weighted by atomic mass is 19.4. The van der Waals surface area contributed by atoms with Crippen molar-refractivity contribution >= 4 is 11.5 Å². The molecule has 6 nitrogen and oxygen atoms in total. The monoisotopic (exact) mass is 449 g/mol. The highest BCUT2D eigenvalue weighted by Crippen LogP contribution is 2.61. The normalized spacial score (nSPS) is 34.2. The van der Waals surface area contributed by atoms with E-state index < -0.39 is 17.6 Å². The fourth-order valence-electron chi connectivity index (χ4n) is 6.08. The van der Waals surface area contributed by atoms with Gasteiger partial charge in [0.25, 0.3) is 0 Å². The summed E-state index contributed by atoms with van der Waals surface area (Å²) in [7, 11) is 0. The standard InChI is InChI=1S/C23H30F3N5O/c1-11(2)30-20(7-19(27)12-3-18(23(24,25)26)22(28)29-8-12)21-16-5-13(6-17(16)21)31-9-15-4-14(31)10-32-15/h3,7-8,11,13-17,21,27,30H,4-6,9-10H2,1-2H3,(H2,28,29)/b20-7-,27-19?/t13-,14-,15-,16+,17-,21-/m0/s1. The Morgan fingerprint density at radius 2 is 2.00 bits per heavy atom. The second-order valence-corrected chi connectivity index (χ2v) is 9.99. The number of ether oxygens (including phenoxy) is 1. The third-order valence-corrected chi connectivity index (χ3v) is 7.48. The van der Waals surface area contributed by atoms with Crippen molar-refractivity contribution in [3.8, 4) is 0 Å². The maximum atomic E-state index is 13.2. The number of aromatic nitrogens is 1. The molecule has 0 unspecified atom stereocenters. The minimum Gasteiger partial charge on any atom is -0.386 e. The zero-order chi connectivity index (χ0) is 22.8. The van der Waals surface area contributed by atoms with Crippen molar-refractivity contribution in [3.05, 3.63) is 35.2 Å². The molecule has 2 aliphatic carbocycles. The fraction of sp³-hybridized carbons (Fsp3) is 0.652. The molecular formula is C23H30F3N5O. The summed E-state index contributed by atoms with van der Waals surface area (Å²) in [5.74, 6) is 0.914. The number of likely N-dealkylation sites (tertiary alicyclic amines) is 1. The molecule has 2 aliphatic heterocycles. The van der Waals surface area contributed by atoms with Crippen molar-refractivity contribution in [2.45, 2.75) is 63.5 Å². The zero-order valence-electron chi connectivity index (χ0n) is 18.3. The van der Waals surface area contributed by atoms with Gasteiger partial charge >= 0.3 is 6.18 Å². The van der Waals surface area contributed by atoms with Crippen molar-refractivity contribution in [2.24, 2.45) is 17.8 Å². The van der Waals surface area contributed by atoms with Crippen LogP contribution in [-0.2, 0) is 10.9 Å². The SMILES string of the molecule is CC(C)N/C(=C\C(=N)c1cnc(N)c(C(F)(F)F)c1)[C@H]1[C@@H]2C[C@H](N3C[C@@H]4C[C@H]3CO4)C[C@@H]21. The van der Waals surface area contributed by atoms with Gasteiger partial charge in [0.05, 0.1) is 24.0 Å². The minimum atomic E-state index is -4.60. The summed E-state index contributed by atoms with van der Waals surface area (Å²) in [6.45, 7) is 5.97. The molecule has 3 heterocycles. The maximum Gasteiger partial charge on any atom is 0.419 e. The number of morpholine rings is 1. The molecule has 32 heavy (non-hydrogen) atoms. The average Bonchev–Trinajstić information content (AvgIpc) is 3.14. The van der Waals surface area contributed by atoms with Gasteiger partial charge in [-0.1, -0.05) is 0 Å². The predicted molar refractivity (Wildman–Crippen MR) is 115 cm³/mol. The van der Waals surface area contributed by atoms with E-state index in [1.807, 2.05) is 13.8 Å². The number of nitrogens with two attached hydrogens (primary N) is 1. The molecule has 4 aliphatic rings. The Kier molecular flexibility index (Phi) is 5.24.